The molecule has 2 rings (SSSR count). The summed E-state index contributed by atoms with van der Waals surface area (Å²) in [5.41, 5.74) is 1.23. The van der Waals surface area contributed by atoms with Crippen LogP contribution in [-0.2, 0) is 4.79 Å². The molecular formula is C17H19N3O3S. The number of aryl methyl sites for hydroxylation is 1. The minimum Gasteiger partial charge on any atom is -0.341 e. The average Bonchev–Trinajstić information content (AvgIpc) is 3.01. The molecule has 126 valence electrons. The molecule has 7 heteroatoms. The molecule has 0 spiro atoms. The Kier molecular flexibility index (Phi) is 6.08. The summed E-state index contributed by atoms with van der Waals surface area (Å²) in [5, 5.41) is 7.81. The SMILES string of the molecule is CNC(=O)Nc1ccc(NC(=O)CCC(=O)c2ccc(C)s2)cc1. The first-order valence-corrected chi connectivity index (χ1v) is 8.28. The monoisotopic (exact) mass is 345 g/mol. The largest absolute Gasteiger partial charge is 0.341 e. The van der Waals surface area contributed by atoms with Gasteiger partial charge in [0.2, 0.25) is 5.91 Å². The highest BCUT2D eigenvalue weighted by molar-refractivity contribution is 7.14. The summed E-state index contributed by atoms with van der Waals surface area (Å²) in [4.78, 5) is 36.8. The Morgan fingerprint density at radius 1 is 0.917 bits per heavy atom. The zero-order valence-corrected chi connectivity index (χ0v) is 14.3. The lowest BCUT2D eigenvalue weighted by molar-refractivity contribution is -0.116. The molecule has 0 saturated heterocycles. The summed E-state index contributed by atoms with van der Waals surface area (Å²) in [6.07, 6.45) is 0.316. The van der Waals surface area contributed by atoms with Crippen molar-refractivity contribution in [2.45, 2.75) is 19.8 Å². The summed E-state index contributed by atoms with van der Waals surface area (Å²) >= 11 is 1.44. The third-order valence-electron chi connectivity index (χ3n) is 3.25. The number of Topliss-reactive ketones (excluding diaryl/α,β-unsaturated/α-hetero) is 1. The number of hydrogen-bond donors (Lipinski definition) is 3. The highest BCUT2D eigenvalue weighted by atomic mass is 32.1. The Morgan fingerprint density at radius 3 is 2.08 bits per heavy atom. The van der Waals surface area contributed by atoms with Crippen molar-refractivity contribution in [3.63, 3.8) is 0 Å². The Balaban J connectivity index is 1.81. The number of carbonyl (C=O) groups excluding carboxylic acids is 3. The second-order valence-corrected chi connectivity index (χ2v) is 6.45. The standard InChI is InChI=1S/C17H19N3O3S/c1-11-3-9-15(24-11)14(21)8-10-16(22)19-12-4-6-13(7-5-12)20-17(23)18-2/h3-7,9H,8,10H2,1-2H3,(H,19,22)(H2,18,20,23). The van der Waals surface area contributed by atoms with Crippen molar-refractivity contribution in [2.24, 2.45) is 0 Å². The van der Waals surface area contributed by atoms with Gasteiger partial charge in [0, 0.05) is 36.1 Å². The minimum absolute atomic E-state index is 0.0200. The van der Waals surface area contributed by atoms with Crippen molar-refractivity contribution in [3.8, 4) is 0 Å². The van der Waals surface area contributed by atoms with Gasteiger partial charge in [-0.25, -0.2) is 4.79 Å². The number of carbonyl (C=O) groups is 3. The van der Waals surface area contributed by atoms with Crippen LogP contribution in [0, 0.1) is 6.92 Å². The third-order valence-corrected chi connectivity index (χ3v) is 4.29. The average molecular weight is 345 g/mol. The summed E-state index contributed by atoms with van der Waals surface area (Å²) in [5.74, 6) is -0.239. The summed E-state index contributed by atoms with van der Waals surface area (Å²) in [7, 11) is 1.53. The van der Waals surface area contributed by atoms with Crippen LogP contribution in [0.4, 0.5) is 16.2 Å². The number of amides is 3. The van der Waals surface area contributed by atoms with Gasteiger partial charge in [0.05, 0.1) is 4.88 Å². The lowest BCUT2D eigenvalue weighted by Gasteiger charge is -2.07. The number of thiophene rings is 1. The second kappa shape index (κ2) is 8.26. The molecule has 1 aromatic carbocycles. The van der Waals surface area contributed by atoms with Crippen molar-refractivity contribution in [1.82, 2.24) is 5.32 Å². The lowest BCUT2D eigenvalue weighted by atomic mass is 10.2. The normalized spacial score (nSPS) is 10.1. The first-order valence-electron chi connectivity index (χ1n) is 7.46. The summed E-state index contributed by atoms with van der Waals surface area (Å²) in [6, 6.07) is 10.1. The Morgan fingerprint density at radius 2 is 1.54 bits per heavy atom. The Bertz CT molecular complexity index is 738. The maximum atomic E-state index is 12.0. The fourth-order valence-corrected chi connectivity index (χ4v) is 2.82. The molecule has 24 heavy (non-hydrogen) atoms. The maximum Gasteiger partial charge on any atom is 0.318 e. The maximum absolute atomic E-state index is 12.0. The first kappa shape index (κ1) is 17.7. The van der Waals surface area contributed by atoms with Gasteiger partial charge in [-0.05, 0) is 43.3 Å². The number of anilines is 2. The van der Waals surface area contributed by atoms with E-state index in [1.165, 1.54) is 18.4 Å². The first-order chi connectivity index (χ1) is 11.5. The quantitative estimate of drug-likeness (QED) is 0.701. The zero-order valence-electron chi connectivity index (χ0n) is 13.5. The number of nitrogens with one attached hydrogen (secondary N) is 3. The van der Waals surface area contributed by atoms with Crippen molar-refractivity contribution < 1.29 is 14.4 Å². The lowest BCUT2D eigenvalue weighted by Crippen LogP contribution is -2.24. The highest BCUT2D eigenvalue weighted by Crippen LogP contribution is 2.18. The van der Waals surface area contributed by atoms with Crippen LogP contribution < -0.4 is 16.0 Å². The smallest absolute Gasteiger partial charge is 0.318 e. The van der Waals surface area contributed by atoms with E-state index >= 15 is 0 Å². The number of rotatable bonds is 6. The second-order valence-electron chi connectivity index (χ2n) is 5.16. The van der Waals surface area contributed by atoms with E-state index in [9.17, 15) is 14.4 Å². The molecule has 1 heterocycles. The molecule has 0 aliphatic heterocycles. The predicted octanol–water partition coefficient (Wildman–Crippen LogP) is 3.41. The molecule has 0 aliphatic rings. The molecule has 6 nitrogen and oxygen atoms in total. The minimum atomic E-state index is -0.311. The molecule has 0 saturated carbocycles. The molecule has 0 radical (unpaired) electrons. The molecule has 1 aromatic heterocycles. The van der Waals surface area contributed by atoms with Crippen molar-refractivity contribution in [3.05, 3.63) is 46.2 Å². The molecule has 0 aliphatic carbocycles. The number of hydrogen-bond acceptors (Lipinski definition) is 4. The van der Waals surface area contributed by atoms with Gasteiger partial charge in [-0.3, -0.25) is 9.59 Å². The summed E-state index contributed by atoms with van der Waals surface area (Å²) < 4.78 is 0. The number of urea groups is 1. The van der Waals surface area contributed by atoms with Gasteiger partial charge in [-0.1, -0.05) is 0 Å². The van der Waals surface area contributed by atoms with Crippen LogP contribution in [0.3, 0.4) is 0 Å². The molecule has 3 N–H and O–H groups in total. The van der Waals surface area contributed by atoms with E-state index in [1.54, 1.807) is 30.3 Å². The molecule has 3 amide bonds. The van der Waals surface area contributed by atoms with Crippen LogP contribution in [0.2, 0.25) is 0 Å². The van der Waals surface area contributed by atoms with Crippen LogP contribution in [-0.4, -0.2) is 24.8 Å². The van der Waals surface area contributed by atoms with Crippen LogP contribution in [0.25, 0.3) is 0 Å². The molecule has 2 aromatic rings. The topological polar surface area (TPSA) is 87.3 Å². The Hall–Kier alpha value is -2.67. The fraction of sp³-hybridized carbons (Fsp3) is 0.235. The van der Waals surface area contributed by atoms with E-state index in [-0.39, 0.29) is 30.6 Å². The number of benzene rings is 1. The van der Waals surface area contributed by atoms with E-state index in [0.717, 1.165) is 4.88 Å². The predicted molar refractivity (Wildman–Crippen MR) is 95.8 cm³/mol. The zero-order chi connectivity index (χ0) is 17.5. The number of ketones is 1. The molecule has 0 unspecified atom stereocenters. The van der Waals surface area contributed by atoms with Crippen molar-refractivity contribution >= 4 is 40.4 Å². The van der Waals surface area contributed by atoms with Gasteiger partial charge in [0.15, 0.2) is 5.78 Å². The van der Waals surface area contributed by atoms with E-state index in [0.29, 0.717) is 16.3 Å². The molecule has 0 fully saturated rings. The van der Waals surface area contributed by atoms with Gasteiger partial charge < -0.3 is 16.0 Å². The van der Waals surface area contributed by atoms with Crippen LogP contribution in [0.1, 0.15) is 27.4 Å². The van der Waals surface area contributed by atoms with E-state index in [2.05, 4.69) is 16.0 Å². The molecular weight excluding hydrogens is 326 g/mol. The third kappa shape index (κ3) is 5.20. The molecule has 0 bridgehead atoms. The highest BCUT2D eigenvalue weighted by Gasteiger charge is 2.11. The van der Waals surface area contributed by atoms with Gasteiger partial charge in [-0.2, -0.15) is 0 Å². The fourth-order valence-electron chi connectivity index (χ4n) is 1.99. The van der Waals surface area contributed by atoms with E-state index in [1.807, 2.05) is 13.0 Å². The van der Waals surface area contributed by atoms with Gasteiger partial charge in [0.25, 0.3) is 0 Å². The van der Waals surface area contributed by atoms with Gasteiger partial charge in [-0.15, -0.1) is 11.3 Å². The van der Waals surface area contributed by atoms with Crippen LogP contribution >= 0.6 is 11.3 Å². The van der Waals surface area contributed by atoms with Crippen LogP contribution in [0.15, 0.2) is 36.4 Å². The van der Waals surface area contributed by atoms with Gasteiger partial charge >= 0.3 is 6.03 Å². The summed E-state index contributed by atoms with van der Waals surface area (Å²) in [6.45, 7) is 1.94. The van der Waals surface area contributed by atoms with E-state index < -0.39 is 0 Å². The van der Waals surface area contributed by atoms with Crippen molar-refractivity contribution in [1.29, 1.82) is 0 Å². The van der Waals surface area contributed by atoms with E-state index in [4.69, 9.17) is 0 Å². The van der Waals surface area contributed by atoms with Crippen molar-refractivity contribution in [2.75, 3.05) is 17.7 Å². The van der Waals surface area contributed by atoms with Crippen LogP contribution in [0.5, 0.6) is 0 Å². The van der Waals surface area contributed by atoms with Gasteiger partial charge in [0.1, 0.15) is 0 Å². The Labute approximate surface area is 144 Å². The molecule has 0 atom stereocenters.